The zero-order valence-corrected chi connectivity index (χ0v) is 13.4. The quantitative estimate of drug-likeness (QED) is 0.883. The molecule has 0 radical (unpaired) electrons. The van der Waals surface area contributed by atoms with Crippen LogP contribution in [0.2, 0.25) is 0 Å². The van der Waals surface area contributed by atoms with Crippen LogP contribution >= 0.6 is 0 Å². The lowest BCUT2D eigenvalue weighted by Crippen LogP contribution is -2.51. The highest BCUT2D eigenvalue weighted by atomic mass is 32.2. The van der Waals surface area contributed by atoms with Gasteiger partial charge in [0.1, 0.15) is 0 Å². The monoisotopic (exact) mass is 322 g/mol. The van der Waals surface area contributed by atoms with E-state index in [1.165, 1.54) is 6.07 Å². The van der Waals surface area contributed by atoms with Crippen LogP contribution in [0.15, 0.2) is 41.3 Å². The zero-order valence-electron chi connectivity index (χ0n) is 12.6. The predicted octanol–water partition coefficient (Wildman–Crippen LogP) is 1.44. The van der Waals surface area contributed by atoms with Crippen LogP contribution in [0.25, 0.3) is 10.8 Å². The summed E-state index contributed by atoms with van der Waals surface area (Å²) >= 11 is 0. The lowest BCUT2D eigenvalue weighted by molar-refractivity contribution is -0.139. The first-order valence-corrected chi connectivity index (χ1v) is 8.05. The first kappa shape index (κ1) is 16.3. The van der Waals surface area contributed by atoms with E-state index in [1.807, 2.05) is 25.1 Å². The molecule has 0 spiro atoms. The van der Waals surface area contributed by atoms with E-state index in [1.54, 1.807) is 24.3 Å². The summed E-state index contributed by atoms with van der Waals surface area (Å²) in [4.78, 5) is 10.6. The third kappa shape index (κ3) is 2.32. The summed E-state index contributed by atoms with van der Waals surface area (Å²) < 4.78 is 25.3. The summed E-state index contributed by atoms with van der Waals surface area (Å²) in [6, 6.07) is 9.99. The maximum atomic E-state index is 12.7. The number of fused-ring (bicyclic) bond motifs is 1. The molecule has 0 bridgehead atoms. The minimum atomic E-state index is -4.25. The topological polar surface area (TPSA) is 101 Å². The fraction of sp³-hybridized carbons (Fsp3) is 0.267. The molecule has 22 heavy (non-hydrogen) atoms. The average Bonchev–Trinajstić information content (AvgIpc) is 2.45. The first-order valence-electron chi connectivity index (χ1n) is 6.56. The third-order valence-electron chi connectivity index (χ3n) is 3.61. The van der Waals surface area contributed by atoms with Gasteiger partial charge in [-0.05, 0) is 19.1 Å². The molecule has 7 heteroatoms. The number of rotatable bonds is 4. The first-order chi connectivity index (χ1) is 10.1. The van der Waals surface area contributed by atoms with Gasteiger partial charge < -0.3 is 15.7 Å². The Labute approximate surface area is 129 Å². The van der Waals surface area contributed by atoms with E-state index < -0.39 is 20.7 Å². The Morgan fingerprint density at radius 3 is 2.23 bits per heavy atom. The van der Waals surface area contributed by atoms with E-state index in [2.05, 4.69) is 0 Å². The molecule has 3 N–H and O–H groups in total. The summed E-state index contributed by atoms with van der Waals surface area (Å²) in [5, 5.41) is 10.3. The maximum absolute atomic E-state index is 12.7. The number of sulfone groups is 1. The second kappa shape index (κ2) is 5.26. The minimum Gasteiger partial charge on any atom is -0.479 e. The maximum Gasteiger partial charge on any atom is 0.339 e. The second-order valence-electron chi connectivity index (χ2n) is 5.44. The molecule has 2 aromatic carbocycles. The Hall–Kier alpha value is -2.12. The number of carbonyl (C=O) groups is 1. The van der Waals surface area contributed by atoms with Crippen molar-refractivity contribution in [3.05, 3.63) is 36.4 Å². The van der Waals surface area contributed by atoms with Crippen molar-refractivity contribution in [2.45, 2.75) is 16.7 Å². The van der Waals surface area contributed by atoms with Crippen molar-refractivity contribution in [1.82, 2.24) is 0 Å². The highest BCUT2D eigenvalue weighted by molar-refractivity contribution is 7.93. The van der Waals surface area contributed by atoms with Gasteiger partial charge in [0, 0.05) is 30.6 Å². The summed E-state index contributed by atoms with van der Waals surface area (Å²) in [6.45, 7) is 0.985. The lowest BCUT2D eigenvalue weighted by atomic mass is 10.1. The third-order valence-corrected chi connectivity index (χ3v) is 5.84. The van der Waals surface area contributed by atoms with Crippen LogP contribution in [-0.4, -0.2) is 38.5 Å². The largest absolute Gasteiger partial charge is 0.479 e. The van der Waals surface area contributed by atoms with Gasteiger partial charge in [0.05, 0.1) is 4.90 Å². The lowest BCUT2D eigenvalue weighted by Gasteiger charge is -2.22. The summed E-state index contributed by atoms with van der Waals surface area (Å²) in [5.41, 5.74) is 6.40. The number of aliphatic carboxylic acids is 1. The average molecular weight is 322 g/mol. The van der Waals surface area contributed by atoms with Crippen molar-refractivity contribution in [3.63, 3.8) is 0 Å². The molecule has 0 saturated carbocycles. The molecule has 1 unspecified atom stereocenters. The highest BCUT2D eigenvalue weighted by Gasteiger charge is 2.44. The molecular weight excluding hydrogens is 304 g/mol. The van der Waals surface area contributed by atoms with E-state index in [4.69, 9.17) is 10.8 Å². The number of carboxylic acid groups (broad SMARTS) is 1. The standard InChI is InChI=1S/C15H18N2O4S/c1-15(16,14(18)19)22(20,21)13-9-5-6-10-11(13)7-4-8-12(10)17(2)3/h4-9H,16H2,1-3H3,(H,18,19). The molecule has 2 aromatic rings. The molecule has 0 aliphatic heterocycles. The Morgan fingerprint density at radius 2 is 1.68 bits per heavy atom. The number of carboxylic acids is 1. The van der Waals surface area contributed by atoms with Crippen LogP contribution in [0.1, 0.15) is 6.92 Å². The van der Waals surface area contributed by atoms with E-state index >= 15 is 0 Å². The highest BCUT2D eigenvalue weighted by Crippen LogP contribution is 2.33. The van der Waals surface area contributed by atoms with Gasteiger partial charge in [0.2, 0.25) is 14.7 Å². The van der Waals surface area contributed by atoms with Crippen molar-refractivity contribution >= 4 is 32.3 Å². The molecule has 0 aromatic heterocycles. The number of hydrogen-bond acceptors (Lipinski definition) is 5. The molecule has 118 valence electrons. The van der Waals surface area contributed by atoms with Crippen molar-refractivity contribution in [3.8, 4) is 0 Å². The van der Waals surface area contributed by atoms with Crippen molar-refractivity contribution < 1.29 is 18.3 Å². The fourth-order valence-electron chi connectivity index (χ4n) is 2.23. The summed E-state index contributed by atoms with van der Waals surface area (Å²) in [6.07, 6.45) is 0. The molecule has 0 fully saturated rings. The van der Waals surface area contributed by atoms with Crippen LogP contribution < -0.4 is 10.6 Å². The van der Waals surface area contributed by atoms with Gasteiger partial charge in [-0.1, -0.05) is 24.3 Å². The summed E-state index contributed by atoms with van der Waals surface area (Å²) in [7, 11) is -0.552. The zero-order chi connectivity index (χ0) is 16.7. The molecule has 6 nitrogen and oxygen atoms in total. The minimum absolute atomic E-state index is 0.0823. The normalized spacial score (nSPS) is 14.5. The van der Waals surface area contributed by atoms with Gasteiger partial charge in [-0.3, -0.25) is 0 Å². The van der Waals surface area contributed by atoms with E-state index in [-0.39, 0.29) is 4.90 Å². The molecule has 0 saturated heterocycles. The molecular formula is C15H18N2O4S. The van der Waals surface area contributed by atoms with E-state index in [0.29, 0.717) is 5.39 Å². The Morgan fingerprint density at radius 1 is 1.14 bits per heavy atom. The predicted molar refractivity (Wildman–Crippen MR) is 85.7 cm³/mol. The molecule has 1 atom stereocenters. The van der Waals surface area contributed by atoms with Gasteiger partial charge >= 0.3 is 5.97 Å². The molecule has 0 heterocycles. The Bertz CT molecular complexity index is 842. The van der Waals surface area contributed by atoms with Gasteiger partial charge in [-0.15, -0.1) is 0 Å². The van der Waals surface area contributed by atoms with Crippen LogP contribution in [0, 0.1) is 0 Å². The second-order valence-corrected chi connectivity index (χ2v) is 7.73. The number of hydrogen-bond donors (Lipinski definition) is 2. The van der Waals surface area contributed by atoms with Crippen LogP contribution in [-0.2, 0) is 14.6 Å². The number of benzene rings is 2. The van der Waals surface area contributed by atoms with Gasteiger partial charge in [0.15, 0.2) is 0 Å². The summed E-state index contributed by atoms with van der Waals surface area (Å²) in [5.74, 6) is -1.59. The van der Waals surface area contributed by atoms with Crippen molar-refractivity contribution in [2.75, 3.05) is 19.0 Å². The fourth-order valence-corrected chi connectivity index (χ4v) is 3.64. The smallest absolute Gasteiger partial charge is 0.339 e. The van der Waals surface area contributed by atoms with Crippen LogP contribution in [0.5, 0.6) is 0 Å². The van der Waals surface area contributed by atoms with Gasteiger partial charge in [-0.25, -0.2) is 13.2 Å². The molecule has 0 aliphatic rings. The Balaban J connectivity index is 2.84. The molecule has 2 rings (SSSR count). The number of nitrogens with two attached hydrogens (primary N) is 1. The van der Waals surface area contributed by atoms with Gasteiger partial charge in [0.25, 0.3) is 0 Å². The van der Waals surface area contributed by atoms with Crippen molar-refractivity contribution in [2.24, 2.45) is 5.73 Å². The van der Waals surface area contributed by atoms with Crippen molar-refractivity contribution in [1.29, 1.82) is 0 Å². The van der Waals surface area contributed by atoms with E-state index in [9.17, 15) is 13.2 Å². The van der Waals surface area contributed by atoms with Crippen LogP contribution in [0.4, 0.5) is 5.69 Å². The molecule has 0 aliphatic carbocycles. The van der Waals surface area contributed by atoms with E-state index in [0.717, 1.165) is 18.0 Å². The molecule has 0 amide bonds. The van der Waals surface area contributed by atoms with Gasteiger partial charge in [-0.2, -0.15) is 0 Å². The Kier molecular flexibility index (Phi) is 3.88. The SMILES string of the molecule is CN(C)c1cccc2c(S(=O)(=O)C(C)(N)C(=O)O)cccc12. The number of anilines is 1. The van der Waals surface area contributed by atoms with Crippen LogP contribution in [0.3, 0.4) is 0 Å². The number of nitrogens with zero attached hydrogens (tertiary/aromatic N) is 1.